The molecular formula is C13H16O2. The minimum absolute atomic E-state index is 0.0705. The fourth-order valence-electron chi connectivity index (χ4n) is 1.78. The molecule has 80 valence electrons. The molecule has 2 nitrogen and oxygen atoms in total. The van der Waals surface area contributed by atoms with E-state index in [1.54, 1.807) is 0 Å². The number of esters is 1. The molecule has 1 aliphatic rings. The van der Waals surface area contributed by atoms with Crippen molar-refractivity contribution >= 4 is 5.97 Å². The van der Waals surface area contributed by atoms with Gasteiger partial charge in [-0.3, -0.25) is 4.79 Å². The second kappa shape index (κ2) is 4.05. The van der Waals surface area contributed by atoms with Crippen LogP contribution in [-0.2, 0) is 15.1 Å². The number of hydrogen-bond donors (Lipinski definition) is 0. The summed E-state index contributed by atoms with van der Waals surface area (Å²) >= 11 is 0. The Kier molecular flexibility index (Phi) is 2.76. The zero-order valence-corrected chi connectivity index (χ0v) is 9.03. The maximum absolute atomic E-state index is 11.4. The topological polar surface area (TPSA) is 26.3 Å². The fraction of sp³-hybridized carbons (Fsp3) is 0.462. The molecule has 1 aromatic rings. The Morgan fingerprint density at radius 3 is 2.53 bits per heavy atom. The van der Waals surface area contributed by atoms with Gasteiger partial charge in [0, 0.05) is 6.42 Å². The van der Waals surface area contributed by atoms with E-state index < -0.39 is 0 Å². The van der Waals surface area contributed by atoms with Gasteiger partial charge in [0.1, 0.15) is 5.60 Å². The van der Waals surface area contributed by atoms with E-state index in [1.165, 1.54) is 0 Å². The highest BCUT2D eigenvalue weighted by Gasteiger charge is 2.48. The zero-order valence-electron chi connectivity index (χ0n) is 9.03. The molecule has 1 aromatic carbocycles. The van der Waals surface area contributed by atoms with Crippen molar-refractivity contribution in [2.45, 2.75) is 38.2 Å². The van der Waals surface area contributed by atoms with E-state index in [-0.39, 0.29) is 11.6 Å². The molecule has 0 aromatic heterocycles. The highest BCUT2D eigenvalue weighted by molar-refractivity contribution is 5.70. The molecule has 1 aliphatic carbocycles. The van der Waals surface area contributed by atoms with Gasteiger partial charge < -0.3 is 4.74 Å². The van der Waals surface area contributed by atoms with Crippen LogP contribution in [0.4, 0.5) is 0 Å². The van der Waals surface area contributed by atoms with E-state index in [0.29, 0.717) is 6.42 Å². The lowest BCUT2D eigenvalue weighted by Gasteiger charge is -2.16. The molecule has 0 amide bonds. The second-order valence-electron chi connectivity index (χ2n) is 4.08. The van der Waals surface area contributed by atoms with E-state index in [2.05, 4.69) is 0 Å². The van der Waals surface area contributed by atoms with Crippen molar-refractivity contribution in [2.24, 2.45) is 0 Å². The van der Waals surface area contributed by atoms with Crippen LogP contribution in [0, 0.1) is 0 Å². The van der Waals surface area contributed by atoms with E-state index in [9.17, 15) is 4.79 Å². The smallest absolute Gasteiger partial charge is 0.306 e. The summed E-state index contributed by atoms with van der Waals surface area (Å²) in [6.45, 7) is 1.99. The van der Waals surface area contributed by atoms with Crippen LogP contribution in [0.5, 0.6) is 0 Å². The highest BCUT2D eigenvalue weighted by Crippen LogP contribution is 2.49. The summed E-state index contributed by atoms with van der Waals surface area (Å²) in [5.41, 5.74) is 0.850. The fourth-order valence-corrected chi connectivity index (χ4v) is 1.78. The van der Waals surface area contributed by atoms with Gasteiger partial charge in [-0.1, -0.05) is 37.3 Å². The maximum atomic E-state index is 11.4. The summed E-state index contributed by atoms with van der Waals surface area (Å²) in [4.78, 5) is 11.4. The first-order valence-corrected chi connectivity index (χ1v) is 5.54. The lowest BCUT2D eigenvalue weighted by molar-refractivity contribution is -0.151. The Labute approximate surface area is 90.3 Å². The van der Waals surface area contributed by atoms with Crippen LogP contribution in [0.15, 0.2) is 30.3 Å². The Balaban J connectivity index is 2.05. The van der Waals surface area contributed by atoms with Gasteiger partial charge in [-0.25, -0.2) is 0 Å². The van der Waals surface area contributed by atoms with Crippen molar-refractivity contribution in [1.82, 2.24) is 0 Å². The van der Waals surface area contributed by atoms with Crippen molar-refractivity contribution in [3.8, 4) is 0 Å². The third-order valence-electron chi connectivity index (χ3n) is 2.77. The number of hydrogen-bond acceptors (Lipinski definition) is 2. The standard InChI is InChI=1S/C13H16O2/c1-2-6-12(14)15-13(9-10-13)11-7-4-3-5-8-11/h3-5,7-8H,2,6,9-10H2,1H3. The predicted octanol–water partition coefficient (Wildman–Crippen LogP) is 3.02. The molecule has 0 heterocycles. The third kappa shape index (κ3) is 2.20. The molecule has 0 N–H and O–H groups in total. The van der Waals surface area contributed by atoms with Crippen LogP contribution in [0.2, 0.25) is 0 Å². The van der Waals surface area contributed by atoms with Crippen LogP contribution in [0.3, 0.4) is 0 Å². The Bertz CT molecular complexity index is 339. The van der Waals surface area contributed by atoms with Crippen molar-refractivity contribution in [2.75, 3.05) is 0 Å². The molecule has 0 radical (unpaired) electrons. The minimum atomic E-state index is -0.284. The molecule has 15 heavy (non-hydrogen) atoms. The van der Waals surface area contributed by atoms with Crippen molar-refractivity contribution in [1.29, 1.82) is 0 Å². The van der Waals surface area contributed by atoms with Crippen LogP contribution in [0.1, 0.15) is 38.2 Å². The molecule has 2 rings (SSSR count). The van der Waals surface area contributed by atoms with E-state index in [1.807, 2.05) is 37.3 Å². The van der Waals surface area contributed by atoms with Gasteiger partial charge in [-0.15, -0.1) is 0 Å². The number of carbonyl (C=O) groups excluding carboxylic acids is 1. The lowest BCUT2D eigenvalue weighted by Crippen LogP contribution is -2.17. The zero-order chi connectivity index (χ0) is 10.7. The molecule has 1 fully saturated rings. The van der Waals surface area contributed by atoms with Crippen LogP contribution >= 0.6 is 0 Å². The Hall–Kier alpha value is -1.31. The van der Waals surface area contributed by atoms with Gasteiger partial charge in [-0.2, -0.15) is 0 Å². The number of benzene rings is 1. The van der Waals surface area contributed by atoms with Crippen molar-refractivity contribution in [3.63, 3.8) is 0 Å². The summed E-state index contributed by atoms with van der Waals surface area (Å²) in [5, 5.41) is 0. The molecule has 0 aliphatic heterocycles. The summed E-state index contributed by atoms with van der Waals surface area (Å²) in [6, 6.07) is 10.0. The highest BCUT2D eigenvalue weighted by atomic mass is 16.6. The predicted molar refractivity (Wildman–Crippen MR) is 58.4 cm³/mol. The first kappa shape index (κ1) is 10.2. The summed E-state index contributed by atoms with van der Waals surface area (Å²) < 4.78 is 5.54. The third-order valence-corrected chi connectivity index (χ3v) is 2.77. The van der Waals surface area contributed by atoms with Gasteiger partial charge >= 0.3 is 5.97 Å². The monoisotopic (exact) mass is 204 g/mol. The van der Waals surface area contributed by atoms with Crippen molar-refractivity contribution < 1.29 is 9.53 Å². The van der Waals surface area contributed by atoms with E-state index >= 15 is 0 Å². The van der Waals surface area contributed by atoms with Crippen LogP contribution in [0.25, 0.3) is 0 Å². The van der Waals surface area contributed by atoms with Gasteiger partial charge in [-0.05, 0) is 24.8 Å². The van der Waals surface area contributed by atoms with Gasteiger partial charge in [0.25, 0.3) is 0 Å². The quantitative estimate of drug-likeness (QED) is 0.705. The van der Waals surface area contributed by atoms with Gasteiger partial charge in [0.15, 0.2) is 0 Å². The van der Waals surface area contributed by atoms with Crippen molar-refractivity contribution in [3.05, 3.63) is 35.9 Å². The molecule has 2 heteroatoms. The lowest BCUT2D eigenvalue weighted by atomic mass is 10.1. The summed E-state index contributed by atoms with van der Waals surface area (Å²) in [6.07, 6.45) is 3.30. The molecule has 1 saturated carbocycles. The number of rotatable bonds is 4. The summed E-state index contributed by atoms with van der Waals surface area (Å²) in [5.74, 6) is -0.0705. The van der Waals surface area contributed by atoms with E-state index in [4.69, 9.17) is 4.74 Å². The van der Waals surface area contributed by atoms with Gasteiger partial charge in [0.05, 0.1) is 0 Å². The number of carbonyl (C=O) groups is 1. The first-order chi connectivity index (χ1) is 7.27. The van der Waals surface area contributed by atoms with E-state index in [0.717, 1.165) is 24.8 Å². The van der Waals surface area contributed by atoms with Crippen LogP contribution < -0.4 is 0 Å². The number of ether oxygens (including phenoxy) is 1. The molecule has 0 spiro atoms. The first-order valence-electron chi connectivity index (χ1n) is 5.54. The molecular weight excluding hydrogens is 188 g/mol. The minimum Gasteiger partial charge on any atom is -0.454 e. The largest absolute Gasteiger partial charge is 0.454 e. The Morgan fingerprint density at radius 1 is 1.33 bits per heavy atom. The molecule has 0 atom stereocenters. The maximum Gasteiger partial charge on any atom is 0.306 e. The summed E-state index contributed by atoms with van der Waals surface area (Å²) in [7, 11) is 0. The van der Waals surface area contributed by atoms with Crippen LogP contribution in [-0.4, -0.2) is 5.97 Å². The SMILES string of the molecule is CCCC(=O)OC1(c2ccccc2)CC1. The molecule has 0 unspecified atom stereocenters. The average Bonchev–Trinajstić information content (AvgIpc) is 3.01. The molecule has 0 bridgehead atoms. The normalized spacial score (nSPS) is 17.1. The molecule has 0 saturated heterocycles. The second-order valence-corrected chi connectivity index (χ2v) is 4.08. The Morgan fingerprint density at radius 2 is 2.00 bits per heavy atom. The van der Waals surface area contributed by atoms with Gasteiger partial charge in [0.2, 0.25) is 0 Å². The average molecular weight is 204 g/mol.